The van der Waals surface area contributed by atoms with Crippen molar-refractivity contribution in [1.29, 1.82) is 0 Å². The second kappa shape index (κ2) is 9.41. The zero-order valence-corrected chi connectivity index (χ0v) is 18.7. The van der Waals surface area contributed by atoms with E-state index in [2.05, 4.69) is 46.6 Å². The van der Waals surface area contributed by atoms with E-state index in [0.717, 1.165) is 61.5 Å². The van der Waals surface area contributed by atoms with Crippen LogP contribution in [0.4, 0.5) is 0 Å². The molecule has 2 aromatic carbocycles. The van der Waals surface area contributed by atoms with Crippen molar-refractivity contribution in [2.75, 3.05) is 20.3 Å². The number of hydrogen-bond acceptors (Lipinski definition) is 5. The number of nitrogens with one attached hydrogen (secondary N) is 1. The molecule has 6 heteroatoms. The summed E-state index contributed by atoms with van der Waals surface area (Å²) in [4.78, 5) is 15.0. The number of nitrogens with zero attached hydrogens (tertiary/aromatic N) is 1. The molecule has 0 aromatic heterocycles. The molecule has 0 radical (unpaired) electrons. The zero-order valence-electron chi connectivity index (χ0n) is 18.7. The van der Waals surface area contributed by atoms with Gasteiger partial charge >= 0.3 is 0 Å². The highest BCUT2D eigenvalue weighted by atomic mass is 16.6. The third-order valence-electron chi connectivity index (χ3n) is 7.00. The fourth-order valence-corrected chi connectivity index (χ4v) is 5.48. The van der Waals surface area contributed by atoms with Gasteiger partial charge in [0, 0.05) is 42.7 Å². The minimum absolute atomic E-state index is 0.192. The Morgan fingerprint density at radius 1 is 1.09 bits per heavy atom. The molecular weight excluding hydrogens is 404 g/mol. The Bertz CT molecular complexity index is 948. The molecule has 5 rings (SSSR count). The number of benzene rings is 2. The molecule has 1 N–H and O–H groups in total. The lowest BCUT2D eigenvalue weighted by Gasteiger charge is -2.33. The van der Waals surface area contributed by atoms with Crippen LogP contribution in [0.25, 0.3) is 0 Å². The van der Waals surface area contributed by atoms with Gasteiger partial charge in [0.05, 0.1) is 7.11 Å². The van der Waals surface area contributed by atoms with Crippen molar-refractivity contribution >= 4 is 5.91 Å². The van der Waals surface area contributed by atoms with E-state index in [1.54, 1.807) is 7.11 Å². The summed E-state index contributed by atoms with van der Waals surface area (Å²) in [6.45, 7) is 1.88. The van der Waals surface area contributed by atoms with Gasteiger partial charge in [-0.1, -0.05) is 36.8 Å². The molecule has 0 bridgehead atoms. The summed E-state index contributed by atoms with van der Waals surface area (Å²) in [6.07, 6.45) is 5.72. The largest absolute Gasteiger partial charge is 0.496 e. The van der Waals surface area contributed by atoms with Crippen molar-refractivity contribution in [2.45, 2.75) is 63.2 Å². The first-order chi connectivity index (χ1) is 15.7. The number of methoxy groups -OCH3 is 1. The van der Waals surface area contributed by atoms with E-state index in [1.807, 2.05) is 6.07 Å². The number of likely N-dealkylation sites (tertiary alicyclic amines) is 1. The topological polar surface area (TPSA) is 60.0 Å². The average molecular weight is 437 g/mol. The second-order valence-corrected chi connectivity index (χ2v) is 9.05. The van der Waals surface area contributed by atoms with Gasteiger partial charge in [0.25, 0.3) is 0 Å². The molecule has 0 aliphatic carbocycles. The van der Waals surface area contributed by atoms with E-state index in [1.165, 1.54) is 5.56 Å². The predicted octanol–water partition coefficient (Wildman–Crippen LogP) is 3.71. The third-order valence-corrected chi connectivity index (χ3v) is 7.00. The van der Waals surface area contributed by atoms with Crippen LogP contribution in [0.2, 0.25) is 0 Å². The summed E-state index contributed by atoms with van der Waals surface area (Å²) in [5.74, 6) is 2.55. The number of hydrogen-bond donors (Lipinski definition) is 1. The number of ether oxygens (including phenoxy) is 3. The molecule has 3 heterocycles. The Hall–Kier alpha value is -2.73. The highest BCUT2D eigenvalue weighted by molar-refractivity contribution is 5.76. The predicted molar refractivity (Wildman–Crippen MR) is 122 cm³/mol. The number of amides is 1. The number of carbonyl (C=O) groups excluding carboxylic acids is 1. The highest BCUT2D eigenvalue weighted by Gasteiger charge is 2.42. The molecule has 2 aromatic rings. The van der Waals surface area contributed by atoms with Crippen LogP contribution in [0, 0.1) is 0 Å². The SMILES string of the molecule is COc1cc2c(cc1CN1[C@H](Cc3ccccc3)C[C@@H]3NC(=O)CCCC[C@H]31)OCCO2. The monoisotopic (exact) mass is 436 g/mol. The van der Waals surface area contributed by atoms with Crippen LogP contribution >= 0.6 is 0 Å². The normalized spacial score (nSPS) is 25.4. The van der Waals surface area contributed by atoms with Gasteiger partial charge in [-0.15, -0.1) is 0 Å². The first kappa shape index (κ1) is 21.1. The maximum Gasteiger partial charge on any atom is 0.220 e. The molecule has 0 saturated carbocycles. The first-order valence-corrected chi connectivity index (χ1v) is 11.8. The molecule has 2 saturated heterocycles. The molecule has 6 nitrogen and oxygen atoms in total. The van der Waals surface area contributed by atoms with E-state index >= 15 is 0 Å². The minimum atomic E-state index is 0.192. The van der Waals surface area contributed by atoms with Gasteiger partial charge < -0.3 is 19.5 Å². The van der Waals surface area contributed by atoms with Crippen molar-refractivity contribution in [3.05, 3.63) is 53.6 Å². The smallest absolute Gasteiger partial charge is 0.220 e. The van der Waals surface area contributed by atoms with Crippen LogP contribution in [0.1, 0.15) is 43.2 Å². The third kappa shape index (κ3) is 4.42. The average Bonchev–Trinajstić information content (AvgIpc) is 3.10. The van der Waals surface area contributed by atoms with Gasteiger partial charge in [0.15, 0.2) is 11.5 Å². The minimum Gasteiger partial charge on any atom is -0.496 e. The van der Waals surface area contributed by atoms with Gasteiger partial charge in [-0.25, -0.2) is 0 Å². The van der Waals surface area contributed by atoms with Gasteiger partial charge in [0.2, 0.25) is 5.91 Å². The van der Waals surface area contributed by atoms with E-state index in [4.69, 9.17) is 14.2 Å². The van der Waals surface area contributed by atoms with Crippen LogP contribution < -0.4 is 19.5 Å². The van der Waals surface area contributed by atoms with Crippen LogP contribution in [0.3, 0.4) is 0 Å². The van der Waals surface area contributed by atoms with Crippen molar-refractivity contribution in [3.8, 4) is 17.2 Å². The Balaban J connectivity index is 1.46. The summed E-state index contributed by atoms with van der Waals surface area (Å²) in [5, 5.41) is 3.33. The van der Waals surface area contributed by atoms with Gasteiger partial charge in [-0.3, -0.25) is 9.69 Å². The quantitative estimate of drug-likeness (QED) is 0.774. The van der Waals surface area contributed by atoms with Crippen LogP contribution in [-0.4, -0.2) is 49.3 Å². The highest BCUT2D eigenvalue weighted by Crippen LogP contribution is 2.40. The molecule has 170 valence electrons. The molecule has 2 fully saturated rings. The van der Waals surface area contributed by atoms with E-state index < -0.39 is 0 Å². The Morgan fingerprint density at radius 3 is 2.66 bits per heavy atom. The molecule has 1 amide bonds. The maximum absolute atomic E-state index is 12.4. The van der Waals surface area contributed by atoms with Crippen molar-refractivity contribution in [1.82, 2.24) is 10.2 Å². The fraction of sp³-hybridized carbons (Fsp3) is 0.500. The van der Waals surface area contributed by atoms with Gasteiger partial charge in [-0.05, 0) is 37.3 Å². The maximum atomic E-state index is 12.4. The molecule has 3 aliphatic heterocycles. The first-order valence-electron chi connectivity index (χ1n) is 11.8. The van der Waals surface area contributed by atoms with Gasteiger partial charge in [0.1, 0.15) is 19.0 Å². The lowest BCUT2D eigenvalue weighted by molar-refractivity contribution is -0.122. The van der Waals surface area contributed by atoms with Crippen molar-refractivity contribution < 1.29 is 19.0 Å². The van der Waals surface area contributed by atoms with Crippen molar-refractivity contribution in [3.63, 3.8) is 0 Å². The number of rotatable bonds is 5. The standard InChI is InChI=1S/C26H32N2O4/c1-30-23-16-25-24(31-11-12-32-25)14-19(23)17-28-20(13-18-7-3-2-4-8-18)15-21-22(28)9-5-6-10-26(29)27-21/h2-4,7-8,14,16,20-22H,5-6,9-13,15,17H2,1H3,(H,27,29)/t20-,21+,22-/m1/s1. The van der Waals surface area contributed by atoms with Crippen molar-refractivity contribution in [2.24, 2.45) is 0 Å². The molecule has 3 atom stereocenters. The Morgan fingerprint density at radius 2 is 1.88 bits per heavy atom. The summed E-state index contributed by atoms with van der Waals surface area (Å²) in [5.41, 5.74) is 2.43. The Kier molecular flexibility index (Phi) is 6.21. The summed E-state index contributed by atoms with van der Waals surface area (Å²) in [7, 11) is 1.71. The number of fused-ring (bicyclic) bond motifs is 2. The zero-order chi connectivity index (χ0) is 21.9. The van der Waals surface area contributed by atoms with Crippen LogP contribution in [0.5, 0.6) is 17.2 Å². The lowest BCUT2D eigenvalue weighted by Crippen LogP contribution is -2.46. The van der Waals surface area contributed by atoms with E-state index in [9.17, 15) is 4.79 Å². The molecule has 3 aliphatic rings. The van der Waals surface area contributed by atoms with Gasteiger partial charge in [-0.2, -0.15) is 0 Å². The van der Waals surface area contributed by atoms with Crippen LogP contribution in [-0.2, 0) is 17.8 Å². The summed E-state index contributed by atoms with van der Waals surface area (Å²) < 4.78 is 17.3. The Labute approximate surface area is 189 Å². The van der Waals surface area contributed by atoms with Crippen LogP contribution in [0.15, 0.2) is 42.5 Å². The molecule has 0 spiro atoms. The summed E-state index contributed by atoms with van der Waals surface area (Å²) >= 11 is 0. The second-order valence-electron chi connectivity index (χ2n) is 9.05. The number of carbonyl (C=O) groups is 1. The van der Waals surface area contributed by atoms with E-state index in [-0.39, 0.29) is 11.9 Å². The summed E-state index contributed by atoms with van der Waals surface area (Å²) in [6, 6.07) is 15.5. The molecule has 32 heavy (non-hydrogen) atoms. The lowest BCUT2D eigenvalue weighted by atomic mass is 9.97. The van der Waals surface area contributed by atoms with E-state index in [0.29, 0.717) is 31.7 Å². The fourth-order valence-electron chi connectivity index (χ4n) is 5.48. The molecule has 0 unspecified atom stereocenters. The molecular formula is C26H32N2O4.